The number of nitrogens with one attached hydrogen (secondary N) is 1. The zero-order valence-corrected chi connectivity index (χ0v) is 12.3. The van der Waals surface area contributed by atoms with Crippen LogP contribution in [-0.2, 0) is 4.79 Å². The number of nitro benzene ring substituents is 1. The summed E-state index contributed by atoms with van der Waals surface area (Å²) in [6.45, 7) is -0.340. The van der Waals surface area contributed by atoms with Gasteiger partial charge in [0, 0.05) is 11.6 Å². The number of alkyl halides is 2. The first kappa shape index (κ1) is 15.9. The molecule has 0 aliphatic rings. The summed E-state index contributed by atoms with van der Waals surface area (Å²) in [5.41, 5.74) is -0.124. The molecule has 1 aromatic carbocycles. The molecule has 6 nitrogen and oxygen atoms in total. The van der Waals surface area contributed by atoms with Gasteiger partial charge in [-0.3, -0.25) is 19.7 Å². The third kappa shape index (κ3) is 4.45. The first-order valence-corrected chi connectivity index (χ1v) is 6.52. The van der Waals surface area contributed by atoms with Crippen LogP contribution in [0.4, 0.5) is 5.69 Å². The Morgan fingerprint density at radius 1 is 1.42 bits per heavy atom. The summed E-state index contributed by atoms with van der Waals surface area (Å²) in [6.07, 6.45) is 0. The highest BCUT2D eigenvalue weighted by Gasteiger charge is 2.17. The van der Waals surface area contributed by atoms with Gasteiger partial charge in [-0.1, -0.05) is 23.2 Å². The number of rotatable bonds is 5. The Labute approximate surface area is 126 Å². The fourth-order valence-corrected chi connectivity index (χ4v) is 1.72. The molecule has 0 aromatic heterocycles. The molecular formula is C10H7BrCl2N2O4. The van der Waals surface area contributed by atoms with Crippen molar-refractivity contribution in [2.75, 3.05) is 6.54 Å². The molecule has 0 heterocycles. The first-order chi connectivity index (χ1) is 8.82. The number of carbonyl (C=O) groups is 2. The summed E-state index contributed by atoms with van der Waals surface area (Å²) in [4.78, 5) is 31.6. The van der Waals surface area contributed by atoms with Gasteiger partial charge in [-0.15, -0.1) is 0 Å². The van der Waals surface area contributed by atoms with Crippen LogP contribution in [0.25, 0.3) is 0 Å². The average molecular weight is 370 g/mol. The SMILES string of the molecule is O=C(CNC(=O)C(Cl)Cl)c1ccc(Br)c([N+](=O)[O-])c1. The summed E-state index contributed by atoms with van der Waals surface area (Å²) in [6, 6.07) is 3.92. The van der Waals surface area contributed by atoms with Crippen LogP contribution in [-0.4, -0.2) is 28.0 Å². The van der Waals surface area contributed by atoms with Crippen molar-refractivity contribution in [2.24, 2.45) is 0 Å². The van der Waals surface area contributed by atoms with Crippen molar-refractivity contribution < 1.29 is 14.5 Å². The molecule has 0 aliphatic heterocycles. The number of ketones is 1. The molecule has 1 N–H and O–H groups in total. The maximum Gasteiger partial charge on any atom is 0.284 e. The van der Waals surface area contributed by atoms with Crippen LogP contribution in [0.3, 0.4) is 0 Å². The summed E-state index contributed by atoms with van der Waals surface area (Å²) < 4.78 is 0.264. The number of amides is 1. The van der Waals surface area contributed by atoms with Gasteiger partial charge in [-0.25, -0.2) is 0 Å². The van der Waals surface area contributed by atoms with Crippen LogP contribution in [0.5, 0.6) is 0 Å². The lowest BCUT2D eigenvalue weighted by molar-refractivity contribution is -0.385. The molecule has 1 amide bonds. The van der Waals surface area contributed by atoms with E-state index in [1.54, 1.807) is 0 Å². The Kier molecular flexibility index (Phi) is 5.71. The third-order valence-corrected chi connectivity index (χ3v) is 3.15. The number of nitro groups is 1. The van der Waals surface area contributed by atoms with Gasteiger partial charge in [0.05, 0.1) is 15.9 Å². The summed E-state index contributed by atoms with van der Waals surface area (Å²) in [5, 5.41) is 12.9. The Balaban J connectivity index is 2.81. The lowest BCUT2D eigenvalue weighted by Crippen LogP contribution is -2.33. The van der Waals surface area contributed by atoms with Gasteiger partial charge in [0.15, 0.2) is 10.6 Å². The van der Waals surface area contributed by atoms with Crippen molar-refractivity contribution in [2.45, 2.75) is 4.84 Å². The second kappa shape index (κ2) is 6.83. The van der Waals surface area contributed by atoms with E-state index >= 15 is 0 Å². The topological polar surface area (TPSA) is 89.3 Å². The Bertz CT molecular complexity index is 536. The van der Waals surface area contributed by atoms with E-state index < -0.39 is 21.5 Å². The van der Waals surface area contributed by atoms with Gasteiger partial charge < -0.3 is 5.32 Å². The lowest BCUT2D eigenvalue weighted by atomic mass is 10.1. The van der Waals surface area contributed by atoms with E-state index in [0.717, 1.165) is 6.07 Å². The zero-order chi connectivity index (χ0) is 14.6. The number of hydrogen-bond acceptors (Lipinski definition) is 4. The van der Waals surface area contributed by atoms with Crippen molar-refractivity contribution in [1.82, 2.24) is 5.32 Å². The molecule has 1 rings (SSSR count). The lowest BCUT2D eigenvalue weighted by Gasteiger charge is -2.05. The van der Waals surface area contributed by atoms with Gasteiger partial charge >= 0.3 is 0 Å². The maximum absolute atomic E-state index is 11.7. The van der Waals surface area contributed by atoms with Crippen LogP contribution >= 0.6 is 39.1 Å². The van der Waals surface area contributed by atoms with E-state index in [1.165, 1.54) is 12.1 Å². The van der Waals surface area contributed by atoms with E-state index in [0.29, 0.717) is 0 Å². The van der Waals surface area contributed by atoms with Crippen molar-refractivity contribution in [3.05, 3.63) is 38.3 Å². The second-order valence-corrected chi connectivity index (χ2v) is 5.32. The standard InChI is InChI=1S/C10H7BrCl2N2O4/c11-6-2-1-5(3-7(6)15(18)19)8(16)4-14-10(17)9(12)13/h1-3,9H,4H2,(H,14,17). The smallest absolute Gasteiger partial charge is 0.284 e. The minimum Gasteiger partial charge on any atom is -0.346 e. The van der Waals surface area contributed by atoms with E-state index in [4.69, 9.17) is 23.2 Å². The molecule has 9 heteroatoms. The summed E-state index contributed by atoms with van der Waals surface area (Å²) in [5.74, 6) is -1.19. The Morgan fingerprint density at radius 3 is 2.58 bits per heavy atom. The predicted octanol–water partition coefficient (Wildman–Crippen LogP) is 2.46. The normalized spacial score (nSPS) is 10.3. The largest absolute Gasteiger partial charge is 0.346 e. The van der Waals surface area contributed by atoms with Crippen molar-refractivity contribution in [1.29, 1.82) is 0 Å². The molecular weight excluding hydrogens is 363 g/mol. The summed E-state index contributed by atoms with van der Waals surface area (Å²) >= 11 is 13.6. The van der Waals surface area contributed by atoms with E-state index in [-0.39, 0.29) is 22.3 Å². The van der Waals surface area contributed by atoms with Gasteiger partial charge in [-0.2, -0.15) is 0 Å². The van der Waals surface area contributed by atoms with Crippen LogP contribution in [0.1, 0.15) is 10.4 Å². The number of Topliss-reactive ketones (excluding diaryl/α,β-unsaturated/α-hetero) is 1. The van der Waals surface area contributed by atoms with Crippen LogP contribution < -0.4 is 5.32 Å². The van der Waals surface area contributed by atoms with Gasteiger partial charge in [0.1, 0.15) is 0 Å². The predicted molar refractivity (Wildman–Crippen MR) is 73.6 cm³/mol. The zero-order valence-electron chi connectivity index (χ0n) is 9.23. The molecule has 19 heavy (non-hydrogen) atoms. The number of benzene rings is 1. The molecule has 0 unspecified atom stereocenters. The molecule has 0 atom stereocenters. The molecule has 0 spiro atoms. The van der Waals surface area contributed by atoms with Crippen molar-refractivity contribution in [3.63, 3.8) is 0 Å². The van der Waals surface area contributed by atoms with E-state index in [1.807, 2.05) is 0 Å². The Morgan fingerprint density at radius 2 is 2.05 bits per heavy atom. The molecule has 0 fully saturated rings. The fraction of sp³-hybridized carbons (Fsp3) is 0.200. The highest BCUT2D eigenvalue weighted by molar-refractivity contribution is 9.10. The monoisotopic (exact) mass is 368 g/mol. The van der Waals surface area contributed by atoms with Crippen molar-refractivity contribution in [3.8, 4) is 0 Å². The van der Waals surface area contributed by atoms with Crippen LogP contribution in [0, 0.1) is 10.1 Å². The molecule has 0 saturated heterocycles. The van der Waals surface area contributed by atoms with Crippen LogP contribution in [0.2, 0.25) is 0 Å². The quantitative estimate of drug-likeness (QED) is 0.373. The molecule has 0 aliphatic carbocycles. The molecule has 0 bridgehead atoms. The summed E-state index contributed by atoms with van der Waals surface area (Å²) in [7, 11) is 0. The van der Waals surface area contributed by atoms with Crippen molar-refractivity contribution >= 4 is 56.5 Å². The third-order valence-electron chi connectivity index (χ3n) is 2.09. The van der Waals surface area contributed by atoms with Gasteiger partial charge in [0.2, 0.25) is 0 Å². The maximum atomic E-state index is 11.7. The fourth-order valence-electron chi connectivity index (χ4n) is 1.17. The Hall–Kier alpha value is -1.18. The number of carbonyl (C=O) groups excluding carboxylic acids is 2. The second-order valence-electron chi connectivity index (χ2n) is 3.36. The molecule has 1 aromatic rings. The van der Waals surface area contributed by atoms with E-state index in [2.05, 4.69) is 21.2 Å². The number of nitrogens with zero attached hydrogens (tertiary/aromatic N) is 1. The first-order valence-electron chi connectivity index (χ1n) is 4.86. The minimum absolute atomic E-state index is 0.107. The highest BCUT2D eigenvalue weighted by Crippen LogP contribution is 2.25. The van der Waals surface area contributed by atoms with Gasteiger partial charge in [0.25, 0.3) is 11.6 Å². The highest BCUT2D eigenvalue weighted by atomic mass is 79.9. The molecule has 0 radical (unpaired) electrons. The average Bonchev–Trinajstić information content (AvgIpc) is 2.35. The molecule has 102 valence electrons. The minimum atomic E-state index is -1.27. The van der Waals surface area contributed by atoms with Gasteiger partial charge in [-0.05, 0) is 28.1 Å². The number of hydrogen-bond donors (Lipinski definition) is 1. The number of halogens is 3. The van der Waals surface area contributed by atoms with Crippen LogP contribution in [0.15, 0.2) is 22.7 Å². The molecule has 0 saturated carbocycles. The van der Waals surface area contributed by atoms with E-state index in [9.17, 15) is 19.7 Å².